The Bertz CT molecular complexity index is 819. The summed E-state index contributed by atoms with van der Waals surface area (Å²) in [5.41, 5.74) is -1.25. The second kappa shape index (κ2) is 9.68. The molecule has 1 aromatic rings. The molecule has 1 aliphatic rings. The molecule has 0 amide bonds. The lowest BCUT2D eigenvalue weighted by Crippen LogP contribution is -2.55. The first-order valence-electron chi connectivity index (χ1n) is 10.3. The number of hydrogen-bond acceptors (Lipinski definition) is 8. The molecule has 8 heteroatoms. The number of benzene rings is 1. The summed E-state index contributed by atoms with van der Waals surface area (Å²) in [4.78, 5) is 39.0. The van der Waals surface area contributed by atoms with Gasteiger partial charge in [-0.05, 0) is 52.3 Å². The first-order valence-corrected chi connectivity index (χ1v) is 10.3. The Morgan fingerprint density at radius 1 is 1.00 bits per heavy atom. The monoisotopic (exact) mass is 436 g/mol. The quantitative estimate of drug-likeness (QED) is 0.513. The van der Waals surface area contributed by atoms with Crippen LogP contribution in [0, 0.1) is 11.8 Å². The number of Topliss-reactive ketones (excluding diaryl/α,β-unsaturated/α-hetero) is 1. The van der Waals surface area contributed by atoms with Crippen molar-refractivity contribution in [2.45, 2.75) is 64.8 Å². The smallest absolute Gasteiger partial charge is 0.317 e. The third kappa shape index (κ3) is 5.36. The highest BCUT2D eigenvalue weighted by Crippen LogP contribution is 2.48. The molecule has 1 aromatic carbocycles. The van der Waals surface area contributed by atoms with Gasteiger partial charge in [0.05, 0.1) is 37.9 Å². The molecule has 1 saturated carbocycles. The highest BCUT2D eigenvalue weighted by Gasteiger charge is 2.57. The fourth-order valence-electron chi connectivity index (χ4n) is 4.09. The van der Waals surface area contributed by atoms with Crippen molar-refractivity contribution >= 4 is 17.7 Å². The maximum absolute atomic E-state index is 13.1. The molecule has 0 saturated heterocycles. The minimum Gasteiger partial charge on any atom is -0.493 e. The van der Waals surface area contributed by atoms with Crippen LogP contribution in [0.3, 0.4) is 0 Å². The molecule has 0 spiro atoms. The van der Waals surface area contributed by atoms with E-state index >= 15 is 0 Å². The summed E-state index contributed by atoms with van der Waals surface area (Å²) in [5, 5.41) is 11.1. The van der Waals surface area contributed by atoms with Gasteiger partial charge in [-0.15, -0.1) is 0 Å². The second-order valence-electron chi connectivity index (χ2n) is 8.57. The van der Waals surface area contributed by atoms with Gasteiger partial charge in [0.2, 0.25) is 0 Å². The largest absolute Gasteiger partial charge is 0.493 e. The van der Waals surface area contributed by atoms with Gasteiger partial charge in [0.1, 0.15) is 5.92 Å². The average Bonchev–Trinajstić information content (AvgIpc) is 2.64. The average molecular weight is 437 g/mol. The maximum atomic E-state index is 13.1. The van der Waals surface area contributed by atoms with E-state index in [0.717, 1.165) is 0 Å². The van der Waals surface area contributed by atoms with E-state index in [1.165, 1.54) is 21.1 Å². The number of rotatable bonds is 7. The van der Waals surface area contributed by atoms with E-state index < -0.39 is 53.3 Å². The first-order chi connectivity index (χ1) is 14.4. The van der Waals surface area contributed by atoms with Gasteiger partial charge in [0.15, 0.2) is 17.3 Å². The number of methoxy groups -OCH3 is 2. The Hall–Kier alpha value is -2.61. The summed E-state index contributed by atoms with van der Waals surface area (Å²) in [6.07, 6.45) is -1.25. The van der Waals surface area contributed by atoms with Gasteiger partial charge in [0.25, 0.3) is 0 Å². The zero-order valence-electron chi connectivity index (χ0n) is 19.1. The predicted octanol–water partition coefficient (Wildman–Crippen LogP) is 2.65. The Labute approximate surface area is 182 Å². The van der Waals surface area contributed by atoms with Crippen molar-refractivity contribution in [1.82, 2.24) is 0 Å². The van der Waals surface area contributed by atoms with Gasteiger partial charge < -0.3 is 24.1 Å². The van der Waals surface area contributed by atoms with E-state index in [4.69, 9.17) is 18.9 Å². The third-order valence-electron chi connectivity index (χ3n) is 5.27. The van der Waals surface area contributed by atoms with Crippen molar-refractivity contribution in [3.05, 3.63) is 23.8 Å². The molecule has 1 aliphatic carbocycles. The number of ketones is 1. The normalized spacial score (nSPS) is 26.0. The molecule has 31 heavy (non-hydrogen) atoms. The number of esters is 2. The van der Waals surface area contributed by atoms with E-state index in [0.29, 0.717) is 17.1 Å². The van der Waals surface area contributed by atoms with Crippen LogP contribution in [-0.4, -0.2) is 54.9 Å². The number of ether oxygens (including phenoxy) is 4. The van der Waals surface area contributed by atoms with Crippen molar-refractivity contribution in [1.29, 1.82) is 0 Å². The Kier molecular flexibility index (Phi) is 7.70. The van der Waals surface area contributed by atoms with E-state index in [1.54, 1.807) is 45.9 Å². The van der Waals surface area contributed by atoms with Crippen molar-refractivity contribution in [2.75, 3.05) is 14.2 Å². The van der Waals surface area contributed by atoms with Crippen LogP contribution in [0.2, 0.25) is 0 Å². The molecular formula is C23H32O8. The van der Waals surface area contributed by atoms with Crippen LogP contribution in [0.25, 0.3) is 0 Å². The van der Waals surface area contributed by atoms with Crippen LogP contribution in [0.15, 0.2) is 18.2 Å². The molecule has 8 nitrogen and oxygen atoms in total. The molecule has 1 N–H and O–H groups in total. The van der Waals surface area contributed by atoms with Crippen LogP contribution in [0.4, 0.5) is 0 Å². The van der Waals surface area contributed by atoms with Crippen LogP contribution in [0.1, 0.15) is 52.5 Å². The van der Waals surface area contributed by atoms with E-state index in [-0.39, 0.29) is 6.42 Å². The third-order valence-corrected chi connectivity index (χ3v) is 5.27. The molecule has 0 heterocycles. The summed E-state index contributed by atoms with van der Waals surface area (Å²) in [6.45, 7) is 8.15. The summed E-state index contributed by atoms with van der Waals surface area (Å²) < 4.78 is 21.4. The van der Waals surface area contributed by atoms with Gasteiger partial charge in [-0.25, -0.2) is 0 Å². The van der Waals surface area contributed by atoms with E-state index in [1.807, 2.05) is 0 Å². The lowest BCUT2D eigenvalue weighted by Gasteiger charge is -2.44. The fourth-order valence-corrected chi connectivity index (χ4v) is 4.09. The molecule has 0 aromatic heterocycles. The lowest BCUT2D eigenvalue weighted by molar-refractivity contribution is -0.176. The summed E-state index contributed by atoms with van der Waals surface area (Å²) in [7, 11) is 2.94. The maximum Gasteiger partial charge on any atom is 0.317 e. The lowest BCUT2D eigenvalue weighted by atomic mass is 9.61. The van der Waals surface area contributed by atoms with Crippen molar-refractivity contribution < 1.29 is 38.4 Å². The molecule has 0 unspecified atom stereocenters. The zero-order valence-corrected chi connectivity index (χ0v) is 19.1. The van der Waals surface area contributed by atoms with Crippen LogP contribution >= 0.6 is 0 Å². The number of carbonyl (C=O) groups excluding carboxylic acids is 3. The summed E-state index contributed by atoms with van der Waals surface area (Å²) in [5.74, 6) is -4.56. The highest BCUT2D eigenvalue weighted by atomic mass is 16.5. The van der Waals surface area contributed by atoms with Gasteiger partial charge in [-0.1, -0.05) is 6.07 Å². The van der Waals surface area contributed by atoms with Gasteiger partial charge >= 0.3 is 11.9 Å². The Balaban J connectivity index is 2.69. The highest BCUT2D eigenvalue weighted by molar-refractivity contribution is 6.02. The van der Waals surface area contributed by atoms with Crippen molar-refractivity contribution in [2.24, 2.45) is 11.8 Å². The van der Waals surface area contributed by atoms with Crippen molar-refractivity contribution in [3.8, 4) is 11.5 Å². The predicted molar refractivity (Wildman–Crippen MR) is 112 cm³/mol. The van der Waals surface area contributed by atoms with E-state index in [9.17, 15) is 19.5 Å². The summed E-state index contributed by atoms with van der Waals surface area (Å²) >= 11 is 0. The standard InChI is InChI=1S/C23H32O8/c1-12(2)30-21(25)19-15(24)11-23(5,27)20(22(26)31-13(3)4)18(19)14-8-9-16(28-6)17(10-14)29-7/h8-10,12-13,18-20,27H,11H2,1-7H3/t18-,19+,20+,23-/m0/s1. The van der Waals surface area contributed by atoms with Crippen LogP contribution in [0.5, 0.6) is 11.5 Å². The molecule has 1 fully saturated rings. The molecular weight excluding hydrogens is 404 g/mol. The summed E-state index contributed by atoms with van der Waals surface area (Å²) in [6, 6.07) is 4.87. The minimum atomic E-state index is -1.71. The van der Waals surface area contributed by atoms with Crippen LogP contribution < -0.4 is 9.47 Å². The molecule has 0 radical (unpaired) electrons. The van der Waals surface area contributed by atoms with Crippen LogP contribution in [-0.2, 0) is 23.9 Å². The Morgan fingerprint density at radius 3 is 2.06 bits per heavy atom. The molecule has 4 atom stereocenters. The second-order valence-corrected chi connectivity index (χ2v) is 8.57. The van der Waals surface area contributed by atoms with E-state index in [2.05, 4.69) is 0 Å². The molecule has 172 valence electrons. The number of aliphatic hydroxyl groups is 1. The fraction of sp³-hybridized carbons (Fsp3) is 0.609. The molecule has 2 rings (SSSR count). The first kappa shape index (κ1) is 24.7. The number of hydrogen-bond donors (Lipinski definition) is 1. The Morgan fingerprint density at radius 2 is 1.55 bits per heavy atom. The topological polar surface area (TPSA) is 108 Å². The van der Waals surface area contributed by atoms with Crippen molar-refractivity contribution in [3.63, 3.8) is 0 Å². The zero-order chi connectivity index (χ0) is 23.5. The minimum absolute atomic E-state index is 0.365. The molecule has 0 bridgehead atoms. The van der Waals surface area contributed by atoms with Gasteiger partial charge in [-0.2, -0.15) is 0 Å². The van der Waals surface area contributed by atoms with Gasteiger partial charge in [-0.3, -0.25) is 14.4 Å². The van der Waals surface area contributed by atoms with Gasteiger partial charge in [0, 0.05) is 12.3 Å². The molecule has 0 aliphatic heterocycles. The number of carbonyl (C=O) groups is 3. The SMILES string of the molecule is COc1ccc([C@H]2[C@H](C(=O)OC(C)C)C(=O)C[C@](C)(O)[C@H]2C(=O)OC(C)C)cc1OC.